The highest BCUT2D eigenvalue weighted by Gasteiger charge is 2.27. The third kappa shape index (κ3) is 5.99. The summed E-state index contributed by atoms with van der Waals surface area (Å²) in [5.41, 5.74) is 11.8. The standard InChI is InChI=1S/C55H35N5S/c1-4-15-36(16-5-1)37-27-29-40(30-28-37)54-56-53(39-18-6-2-7-19-39)57-55(58-54)60-47-33-31-38-17-10-11-22-43(38)51(47)45-24-14-23-44(52(45)60)41-32-34-50-48(35-41)59(42-20-8-3-9-21-42)46-25-12-13-26-49(46)61-50/h1-35H. The van der Waals surface area contributed by atoms with Gasteiger partial charge in [-0.05, 0) is 69.9 Å². The average molecular weight is 798 g/mol. The number of fused-ring (bicyclic) bond motifs is 7. The maximum absolute atomic E-state index is 5.37. The molecule has 0 amide bonds. The minimum Gasteiger partial charge on any atom is -0.308 e. The van der Waals surface area contributed by atoms with Crippen molar-refractivity contribution in [2.24, 2.45) is 0 Å². The largest absolute Gasteiger partial charge is 0.308 e. The molecule has 3 heterocycles. The quantitative estimate of drug-likeness (QED) is 0.168. The molecule has 0 aliphatic carbocycles. The van der Waals surface area contributed by atoms with Crippen molar-refractivity contribution in [3.63, 3.8) is 0 Å². The summed E-state index contributed by atoms with van der Waals surface area (Å²) in [5.74, 6) is 1.79. The summed E-state index contributed by atoms with van der Waals surface area (Å²) in [6.45, 7) is 0. The van der Waals surface area contributed by atoms with Crippen LogP contribution in [0.1, 0.15) is 0 Å². The number of rotatable bonds is 6. The minimum absolute atomic E-state index is 0.562. The Kier molecular flexibility index (Phi) is 8.35. The lowest BCUT2D eigenvalue weighted by Crippen LogP contribution is -2.14. The molecular weight excluding hydrogens is 763 g/mol. The van der Waals surface area contributed by atoms with Crippen LogP contribution < -0.4 is 4.90 Å². The Bertz CT molecular complexity index is 3440. The molecule has 1 aliphatic heterocycles. The first-order valence-electron chi connectivity index (χ1n) is 20.4. The smallest absolute Gasteiger partial charge is 0.238 e. The maximum atomic E-state index is 5.37. The van der Waals surface area contributed by atoms with Gasteiger partial charge in [-0.15, -0.1) is 0 Å². The second-order valence-corrected chi connectivity index (χ2v) is 16.3. The van der Waals surface area contributed by atoms with E-state index in [-0.39, 0.29) is 0 Å². The number of nitrogens with zero attached hydrogens (tertiary/aromatic N) is 5. The van der Waals surface area contributed by atoms with Crippen LogP contribution in [0.25, 0.3) is 83.6 Å². The summed E-state index contributed by atoms with van der Waals surface area (Å²) in [4.78, 5) is 20.7. The van der Waals surface area contributed by atoms with Crippen molar-refractivity contribution >= 4 is 61.4 Å². The van der Waals surface area contributed by atoms with E-state index in [1.165, 1.54) is 31.6 Å². The highest BCUT2D eigenvalue weighted by molar-refractivity contribution is 7.99. The zero-order valence-corrected chi connectivity index (χ0v) is 33.7. The van der Waals surface area contributed by atoms with Gasteiger partial charge in [0, 0.05) is 42.9 Å². The van der Waals surface area contributed by atoms with E-state index < -0.39 is 0 Å². The van der Waals surface area contributed by atoms with Crippen LogP contribution in [0.5, 0.6) is 0 Å². The highest BCUT2D eigenvalue weighted by Crippen LogP contribution is 2.53. The first-order chi connectivity index (χ1) is 30.2. The average Bonchev–Trinajstić information content (AvgIpc) is 3.69. The van der Waals surface area contributed by atoms with Crippen molar-refractivity contribution in [1.82, 2.24) is 19.5 Å². The first-order valence-corrected chi connectivity index (χ1v) is 21.3. The number of anilines is 3. The molecule has 0 fully saturated rings. The lowest BCUT2D eigenvalue weighted by atomic mass is 9.99. The van der Waals surface area contributed by atoms with Gasteiger partial charge in [0.15, 0.2) is 11.6 Å². The van der Waals surface area contributed by atoms with Crippen LogP contribution in [0.4, 0.5) is 17.1 Å². The lowest BCUT2D eigenvalue weighted by molar-refractivity contribution is 0.954. The maximum Gasteiger partial charge on any atom is 0.238 e. The number of hydrogen-bond acceptors (Lipinski definition) is 5. The molecule has 61 heavy (non-hydrogen) atoms. The van der Waals surface area contributed by atoms with Crippen molar-refractivity contribution in [1.29, 1.82) is 0 Å². The van der Waals surface area contributed by atoms with Crippen molar-refractivity contribution in [3.05, 3.63) is 212 Å². The van der Waals surface area contributed by atoms with Crippen LogP contribution in [0.3, 0.4) is 0 Å². The van der Waals surface area contributed by atoms with Gasteiger partial charge in [0.1, 0.15) is 0 Å². The van der Waals surface area contributed by atoms with Crippen molar-refractivity contribution in [2.45, 2.75) is 9.79 Å². The van der Waals surface area contributed by atoms with E-state index in [2.05, 4.69) is 198 Å². The van der Waals surface area contributed by atoms with Crippen LogP contribution in [0.15, 0.2) is 222 Å². The summed E-state index contributed by atoms with van der Waals surface area (Å²) in [6, 6.07) is 75.1. The third-order valence-corrected chi connectivity index (χ3v) is 12.8. The summed E-state index contributed by atoms with van der Waals surface area (Å²) < 4.78 is 2.26. The zero-order valence-electron chi connectivity index (χ0n) is 32.9. The fourth-order valence-electron chi connectivity index (χ4n) is 8.81. The van der Waals surface area contributed by atoms with E-state index in [4.69, 9.17) is 15.0 Å². The normalized spacial score (nSPS) is 12.2. The van der Waals surface area contributed by atoms with Gasteiger partial charge in [-0.3, -0.25) is 4.57 Å². The van der Waals surface area contributed by atoms with Gasteiger partial charge in [0.25, 0.3) is 0 Å². The SMILES string of the molecule is c1ccc(-c2ccc(-c3nc(-c4ccccc4)nc(-n4c5ccc6ccccc6c5c5cccc(-c6ccc7c(c6)N(c6ccccc6)c6ccccc6S7)c54)n3)cc2)cc1. The molecule has 0 unspecified atom stereocenters. The molecule has 286 valence electrons. The molecule has 0 atom stereocenters. The molecule has 5 nitrogen and oxygen atoms in total. The number of para-hydroxylation sites is 3. The summed E-state index contributed by atoms with van der Waals surface area (Å²) in [5, 5.41) is 4.67. The Morgan fingerprint density at radius 1 is 0.393 bits per heavy atom. The minimum atomic E-state index is 0.562. The van der Waals surface area contributed by atoms with Crippen molar-refractivity contribution in [2.75, 3.05) is 4.90 Å². The van der Waals surface area contributed by atoms with E-state index >= 15 is 0 Å². The van der Waals surface area contributed by atoms with E-state index in [0.29, 0.717) is 17.6 Å². The molecular formula is C55H35N5S. The fraction of sp³-hybridized carbons (Fsp3) is 0. The second kappa shape index (κ2) is 14.5. The molecule has 0 saturated carbocycles. The van der Waals surface area contributed by atoms with E-state index in [1.54, 1.807) is 0 Å². The van der Waals surface area contributed by atoms with Crippen LogP contribution >= 0.6 is 11.8 Å². The van der Waals surface area contributed by atoms with Gasteiger partial charge in [0.2, 0.25) is 5.95 Å². The van der Waals surface area contributed by atoms with Gasteiger partial charge in [-0.2, -0.15) is 9.97 Å². The lowest BCUT2D eigenvalue weighted by Gasteiger charge is -2.33. The molecule has 11 aromatic rings. The monoisotopic (exact) mass is 797 g/mol. The summed E-state index contributed by atoms with van der Waals surface area (Å²) in [7, 11) is 0. The number of aromatic nitrogens is 4. The Labute approximate surface area is 357 Å². The molecule has 9 aromatic carbocycles. The van der Waals surface area contributed by atoms with Crippen LogP contribution in [-0.4, -0.2) is 19.5 Å². The van der Waals surface area contributed by atoms with Gasteiger partial charge in [-0.1, -0.05) is 182 Å². The van der Waals surface area contributed by atoms with Crippen molar-refractivity contribution < 1.29 is 0 Å². The Morgan fingerprint density at radius 2 is 0.984 bits per heavy atom. The molecule has 0 spiro atoms. The summed E-state index contributed by atoms with van der Waals surface area (Å²) in [6.07, 6.45) is 0. The molecule has 0 N–H and O–H groups in total. The molecule has 0 bridgehead atoms. The number of hydrogen-bond donors (Lipinski definition) is 0. The Hall–Kier alpha value is -7.80. The zero-order chi connectivity index (χ0) is 40.3. The molecule has 1 aliphatic rings. The molecule has 0 saturated heterocycles. The van der Waals surface area contributed by atoms with Crippen LogP contribution in [0.2, 0.25) is 0 Å². The van der Waals surface area contributed by atoms with Gasteiger partial charge >= 0.3 is 0 Å². The second-order valence-electron chi connectivity index (χ2n) is 15.2. The topological polar surface area (TPSA) is 46.8 Å². The Morgan fingerprint density at radius 3 is 1.77 bits per heavy atom. The van der Waals surface area contributed by atoms with Crippen LogP contribution in [-0.2, 0) is 0 Å². The fourth-order valence-corrected chi connectivity index (χ4v) is 9.85. The predicted octanol–water partition coefficient (Wildman–Crippen LogP) is 14.7. The summed E-state index contributed by atoms with van der Waals surface area (Å²) >= 11 is 1.82. The number of benzene rings is 9. The Balaban J connectivity index is 1.12. The molecule has 0 radical (unpaired) electrons. The van der Waals surface area contributed by atoms with E-state index in [1.807, 2.05) is 36.0 Å². The van der Waals surface area contributed by atoms with Crippen molar-refractivity contribution in [3.8, 4) is 51.0 Å². The van der Waals surface area contributed by atoms with Gasteiger partial charge in [-0.25, -0.2) is 4.98 Å². The van der Waals surface area contributed by atoms with E-state index in [9.17, 15) is 0 Å². The van der Waals surface area contributed by atoms with Crippen LogP contribution in [0, 0.1) is 0 Å². The third-order valence-electron chi connectivity index (χ3n) is 11.6. The molecule has 6 heteroatoms. The van der Waals surface area contributed by atoms with Gasteiger partial charge < -0.3 is 4.90 Å². The van der Waals surface area contributed by atoms with E-state index in [0.717, 1.165) is 61.2 Å². The first kappa shape index (κ1) is 35.2. The molecule has 12 rings (SSSR count). The molecule has 2 aromatic heterocycles. The van der Waals surface area contributed by atoms with Gasteiger partial charge in [0.05, 0.1) is 22.4 Å². The highest BCUT2D eigenvalue weighted by atomic mass is 32.2. The predicted molar refractivity (Wildman–Crippen MR) is 252 cm³/mol.